The molecule has 0 saturated heterocycles. The van der Waals surface area contributed by atoms with Gasteiger partial charge in [0.15, 0.2) is 23.3 Å². The Kier molecular flexibility index (Phi) is 5.29. The lowest BCUT2D eigenvalue weighted by atomic mass is 10.1. The number of rotatable bonds is 5. The largest absolute Gasteiger partial charge is 0.330 e. The number of benzene rings is 1. The second kappa shape index (κ2) is 6.51. The van der Waals surface area contributed by atoms with E-state index in [-0.39, 0.29) is 18.4 Å². The fraction of sp³-hybridized carbons (Fsp3) is 0.417. The molecule has 1 amide bonds. The lowest BCUT2D eigenvalue weighted by Gasteiger charge is -2.10. The molecule has 0 heterocycles. The summed E-state index contributed by atoms with van der Waals surface area (Å²) in [6.07, 6.45) is 0.360. The first kappa shape index (κ1) is 15.4. The van der Waals surface area contributed by atoms with Gasteiger partial charge in [-0.05, 0) is 18.9 Å². The smallest absolute Gasteiger partial charge is 0.224 e. The zero-order valence-electron chi connectivity index (χ0n) is 10.3. The van der Waals surface area contributed by atoms with Crippen LogP contribution in [0, 0.1) is 29.2 Å². The molecule has 0 fully saturated rings. The molecule has 0 aromatic heterocycles. The molecule has 7 heteroatoms. The van der Waals surface area contributed by atoms with E-state index in [1.807, 2.05) is 5.32 Å². The van der Waals surface area contributed by atoms with Crippen molar-refractivity contribution >= 4 is 11.6 Å². The van der Waals surface area contributed by atoms with Gasteiger partial charge in [-0.2, -0.15) is 0 Å². The van der Waals surface area contributed by atoms with Crippen molar-refractivity contribution in [3.05, 3.63) is 29.3 Å². The monoisotopic (exact) mass is 278 g/mol. The summed E-state index contributed by atoms with van der Waals surface area (Å²) in [6, 6.07) is 0.0802. The van der Waals surface area contributed by atoms with Crippen LogP contribution < -0.4 is 11.1 Å². The molecule has 1 aromatic carbocycles. The van der Waals surface area contributed by atoms with E-state index in [0.717, 1.165) is 0 Å². The number of carbonyl (C=O) groups is 1. The first-order chi connectivity index (χ1) is 8.86. The third-order valence-corrected chi connectivity index (χ3v) is 2.64. The zero-order chi connectivity index (χ0) is 14.6. The van der Waals surface area contributed by atoms with Crippen LogP contribution in [0.5, 0.6) is 0 Å². The van der Waals surface area contributed by atoms with Crippen molar-refractivity contribution < 1.29 is 22.4 Å². The molecule has 3 nitrogen and oxygen atoms in total. The van der Waals surface area contributed by atoms with Crippen molar-refractivity contribution in [1.29, 1.82) is 0 Å². The molecule has 0 saturated carbocycles. The van der Waals surface area contributed by atoms with Crippen LogP contribution in [0.15, 0.2) is 6.07 Å². The third kappa shape index (κ3) is 3.92. The topological polar surface area (TPSA) is 55.1 Å². The van der Waals surface area contributed by atoms with Gasteiger partial charge in [0.05, 0.1) is 0 Å². The van der Waals surface area contributed by atoms with Crippen LogP contribution in [0.1, 0.15) is 19.8 Å². The van der Waals surface area contributed by atoms with Crippen molar-refractivity contribution in [1.82, 2.24) is 0 Å². The highest BCUT2D eigenvalue weighted by atomic mass is 19.2. The number of nitrogens with two attached hydrogens (primary N) is 1. The number of nitrogens with one attached hydrogen (secondary N) is 1. The summed E-state index contributed by atoms with van der Waals surface area (Å²) in [5.41, 5.74) is 4.24. The van der Waals surface area contributed by atoms with Gasteiger partial charge in [-0.3, -0.25) is 4.79 Å². The summed E-state index contributed by atoms with van der Waals surface area (Å²) in [5, 5.41) is 1.83. The first-order valence-corrected chi connectivity index (χ1v) is 5.69. The predicted molar refractivity (Wildman–Crippen MR) is 62.4 cm³/mol. The first-order valence-electron chi connectivity index (χ1n) is 5.69. The maximum absolute atomic E-state index is 13.3. The highest BCUT2D eigenvalue weighted by Crippen LogP contribution is 2.24. The fourth-order valence-corrected chi connectivity index (χ4v) is 1.38. The highest BCUT2D eigenvalue weighted by Gasteiger charge is 2.20. The number of halogens is 4. The van der Waals surface area contributed by atoms with Gasteiger partial charge in [0.2, 0.25) is 5.91 Å². The summed E-state index contributed by atoms with van der Waals surface area (Å²) < 4.78 is 52.3. The standard InChI is InChI=1S/C12H14F4N2O/c1-6(5-17)2-3-9(19)18-12-10(15)7(13)4-8(14)11(12)16/h4,6H,2-3,5,17H2,1H3,(H,18,19). The van der Waals surface area contributed by atoms with E-state index in [9.17, 15) is 22.4 Å². The third-order valence-electron chi connectivity index (χ3n) is 2.64. The van der Waals surface area contributed by atoms with Gasteiger partial charge < -0.3 is 11.1 Å². The van der Waals surface area contributed by atoms with Gasteiger partial charge >= 0.3 is 0 Å². The van der Waals surface area contributed by atoms with E-state index in [2.05, 4.69) is 0 Å². The van der Waals surface area contributed by atoms with Gasteiger partial charge in [0, 0.05) is 12.5 Å². The van der Waals surface area contributed by atoms with Crippen LogP contribution in [-0.2, 0) is 4.79 Å². The maximum Gasteiger partial charge on any atom is 0.224 e. The van der Waals surface area contributed by atoms with Crippen LogP contribution in [0.25, 0.3) is 0 Å². The second-order valence-corrected chi connectivity index (χ2v) is 4.27. The van der Waals surface area contributed by atoms with E-state index in [1.165, 1.54) is 0 Å². The average Bonchev–Trinajstić information content (AvgIpc) is 2.38. The van der Waals surface area contributed by atoms with Crippen LogP contribution in [-0.4, -0.2) is 12.5 Å². The highest BCUT2D eigenvalue weighted by molar-refractivity contribution is 5.90. The van der Waals surface area contributed by atoms with Crippen molar-refractivity contribution in [2.45, 2.75) is 19.8 Å². The lowest BCUT2D eigenvalue weighted by molar-refractivity contribution is -0.116. The van der Waals surface area contributed by atoms with Crippen LogP contribution in [0.2, 0.25) is 0 Å². The van der Waals surface area contributed by atoms with Gasteiger partial charge in [-0.15, -0.1) is 0 Å². The van der Waals surface area contributed by atoms with Gasteiger partial charge in [-0.25, -0.2) is 17.6 Å². The molecule has 0 aliphatic carbocycles. The molecule has 1 rings (SSSR count). The molecular weight excluding hydrogens is 264 g/mol. The van der Waals surface area contributed by atoms with Crippen LogP contribution in [0.4, 0.5) is 23.2 Å². The van der Waals surface area contributed by atoms with Gasteiger partial charge in [0.1, 0.15) is 5.69 Å². The molecule has 0 bridgehead atoms. The molecule has 3 N–H and O–H groups in total. The fourth-order valence-electron chi connectivity index (χ4n) is 1.38. The summed E-state index contributed by atoms with van der Waals surface area (Å²) in [7, 11) is 0. The lowest BCUT2D eigenvalue weighted by Crippen LogP contribution is -2.18. The predicted octanol–water partition coefficient (Wildman–Crippen LogP) is 2.56. The summed E-state index contributed by atoms with van der Waals surface area (Å²) in [5.74, 6) is -7.06. The number of hydrogen-bond donors (Lipinski definition) is 2. The maximum atomic E-state index is 13.3. The second-order valence-electron chi connectivity index (χ2n) is 4.27. The Hall–Kier alpha value is -1.63. The van der Waals surface area contributed by atoms with Crippen molar-refractivity contribution in [3.63, 3.8) is 0 Å². The van der Waals surface area contributed by atoms with Crippen molar-refractivity contribution in [2.75, 3.05) is 11.9 Å². The van der Waals surface area contributed by atoms with E-state index in [0.29, 0.717) is 13.0 Å². The Balaban J connectivity index is 2.80. The molecule has 0 spiro atoms. The van der Waals surface area contributed by atoms with Gasteiger partial charge in [-0.1, -0.05) is 6.92 Å². The average molecular weight is 278 g/mol. The van der Waals surface area contributed by atoms with E-state index < -0.39 is 34.9 Å². The number of amides is 1. The number of hydrogen-bond acceptors (Lipinski definition) is 2. The summed E-state index contributed by atoms with van der Waals surface area (Å²) in [6.45, 7) is 2.17. The summed E-state index contributed by atoms with van der Waals surface area (Å²) in [4.78, 5) is 11.4. The quantitative estimate of drug-likeness (QED) is 0.642. The van der Waals surface area contributed by atoms with E-state index >= 15 is 0 Å². The normalized spacial score (nSPS) is 12.3. The minimum Gasteiger partial charge on any atom is -0.330 e. The SMILES string of the molecule is CC(CN)CCC(=O)Nc1c(F)c(F)cc(F)c1F. The minimum atomic E-state index is -1.63. The number of carbonyl (C=O) groups excluding carboxylic acids is 1. The van der Waals surface area contributed by atoms with Crippen LogP contribution >= 0.6 is 0 Å². The molecule has 0 radical (unpaired) electrons. The van der Waals surface area contributed by atoms with Crippen molar-refractivity contribution in [3.8, 4) is 0 Å². The Labute approximate surface area is 107 Å². The molecule has 106 valence electrons. The Bertz CT molecular complexity index is 453. The Morgan fingerprint density at radius 2 is 1.79 bits per heavy atom. The van der Waals surface area contributed by atoms with E-state index in [4.69, 9.17) is 5.73 Å². The molecule has 0 aliphatic heterocycles. The molecule has 0 aliphatic rings. The zero-order valence-corrected chi connectivity index (χ0v) is 10.3. The van der Waals surface area contributed by atoms with E-state index in [1.54, 1.807) is 6.92 Å². The Morgan fingerprint density at radius 3 is 2.26 bits per heavy atom. The molecular formula is C12H14F4N2O. The van der Waals surface area contributed by atoms with Crippen molar-refractivity contribution in [2.24, 2.45) is 11.7 Å². The molecule has 1 atom stereocenters. The molecule has 1 unspecified atom stereocenters. The summed E-state index contributed by atoms with van der Waals surface area (Å²) >= 11 is 0. The molecule has 1 aromatic rings. The number of anilines is 1. The minimum absolute atomic E-state index is 0.0463. The molecule has 19 heavy (non-hydrogen) atoms. The van der Waals surface area contributed by atoms with Crippen LogP contribution in [0.3, 0.4) is 0 Å². The Morgan fingerprint density at radius 1 is 1.26 bits per heavy atom. The van der Waals surface area contributed by atoms with Gasteiger partial charge in [0.25, 0.3) is 0 Å².